The minimum Gasteiger partial charge on any atom is -0.324 e. The quantitative estimate of drug-likeness (QED) is 0.856. The molecular weight excluding hydrogens is 244 g/mol. The van der Waals surface area contributed by atoms with E-state index in [2.05, 4.69) is 28.8 Å². The maximum atomic E-state index is 6.20. The lowest BCUT2D eigenvalue weighted by molar-refractivity contribution is 0.278. The fourth-order valence-electron chi connectivity index (χ4n) is 2.55. The zero-order valence-corrected chi connectivity index (χ0v) is 11.4. The van der Waals surface area contributed by atoms with Gasteiger partial charge in [0, 0.05) is 35.1 Å². The van der Waals surface area contributed by atoms with Gasteiger partial charge in [0.1, 0.15) is 0 Å². The zero-order chi connectivity index (χ0) is 12.8. The van der Waals surface area contributed by atoms with Crippen molar-refractivity contribution in [3.8, 4) is 10.8 Å². The Morgan fingerprint density at radius 3 is 2.94 bits per heavy atom. The van der Waals surface area contributed by atoms with Gasteiger partial charge in [0.2, 0.25) is 0 Å². The van der Waals surface area contributed by atoms with Gasteiger partial charge in [-0.25, -0.2) is 15.0 Å². The van der Waals surface area contributed by atoms with Crippen LogP contribution in [-0.2, 0) is 6.42 Å². The molecule has 0 spiro atoms. The van der Waals surface area contributed by atoms with Crippen LogP contribution in [-0.4, -0.2) is 15.0 Å². The third-order valence-electron chi connectivity index (χ3n) is 3.34. The van der Waals surface area contributed by atoms with E-state index in [9.17, 15) is 0 Å². The highest BCUT2D eigenvalue weighted by Crippen LogP contribution is 2.38. The summed E-state index contributed by atoms with van der Waals surface area (Å²) in [6.07, 6.45) is 5.59. The summed E-state index contributed by atoms with van der Waals surface area (Å²) in [5.41, 5.74) is 8.58. The van der Waals surface area contributed by atoms with Crippen LogP contribution in [0.3, 0.4) is 0 Å². The van der Waals surface area contributed by atoms with Crippen molar-refractivity contribution in [1.82, 2.24) is 15.0 Å². The molecule has 0 radical (unpaired) electrons. The Labute approximate surface area is 110 Å². The minimum absolute atomic E-state index is 0.0501. The molecule has 1 unspecified atom stereocenters. The van der Waals surface area contributed by atoms with Crippen molar-refractivity contribution < 1.29 is 0 Å². The number of hydrogen-bond acceptors (Lipinski definition) is 5. The summed E-state index contributed by atoms with van der Waals surface area (Å²) in [7, 11) is 0. The van der Waals surface area contributed by atoms with E-state index in [1.54, 1.807) is 17.5 Å². The van der Waals surface area contributed by atoms with Crippen LogP contribution in [0.4, 0.5) is 0 Å². The van der Waals surface area contributed by atoms with Gasteiger partial charge in [0.05, 0.1) is 0 Å². The maximum Gasteiger partial charge on any atom is 0.188 e. The van der Waals surface area contributed by atoms with Crippen molar-refractivity contribution >= 4 is 11.3 Å². The summed E-state index contributed by atoms with van der Waals surface area (Å²) in [5.74, 6) is 0.716. The molecule has 0 fully saturated rings. The maximum absolute atomic E-state index is 6.20. The molecule has 4 nitrogen and oxygen atoms in total. The van der Waals surface area contributed by atoms with Crippen LogP contribution in [0.15, 0.2) is 17.8 Å². The summed E-state index contributed by atoms with van der Waals surface area (Å²) < 4.78 is 0. The monoisotopic (exact) mass is 260 g/mol. The number of hydrogen-bond donors (Lipinski definition) is 1. The fourth-order valence-corrected chi connectivity index (χ4v) is 3.12. The van der Waals surface area contributed by atoms with Crippen LogP contribution >= 0.6 is 11.3 Å². The van der Waals surface area contributed by atoms with E-state index in [4.69, 9.17) is 5.73 Å². The fraction of sp³-hybridized carbons (Fsp3) is 0.462. The first-order valence-corrected chi connectivity index (χ1v) is 6.94. The van der Waals surface area contributed by atoms with Gasteiger partial charge in [0.25, 0.3) is 0 Å². The van der Waals surface area contributed by atoms with Crippen LogP contribution in [0.2, 0.25) is 0 Å². The Balaban J connectivity index is 2.05. The number of fused-ring (bicyclic) bond motifs is 1. The summed E-state index contributed by atoms with van der Waals surface area (Å²) in [4.78, 5) is 13.3. The lowest BCUT2D eigenvalue weighted by Crippen LogP contribution is -2.30. The topological polar surface area (TPSA) is 64.7 Å². The van der Waals surface area contributed by atoms with Crippen molar-refractivity contribution in [2.75, 3.05) is 0 Å². The molecular formula is C13H16N4S. The molecule has 3 rings (SSSR count). The molecule has 0 saturated carbocycles. The molecule has 0 bridgehead atoms. The molecule has 5 heteroatoms. The van der Waals surface area contributed by atoms with E-state index < -0.39 is 0 Å². The Hall–Kier alpha value is -1.33. The van der Waals surface area contributed by atoms with Crippen LogP contribution in [0.25, 0.3) is 10.8 Å². The van der Waals surface area contributed by atoms with Gasteiger partial charge in [-0.15, -0.1) is 11.3 Å². The van der Waals surface area contributed by atoms with Crippen LogP contribution < -0.4 is 5.73 Å². The average molecular weight is 260 g/mol. The highest BCUT2D eigenvalue weighted by atomic mass is 32.1. The largest absolute Gasteiger partial charge is 0.324 e. The molecule has 2 heterocycles. The molecule has 0 amide bonds. The van der Waals surface area contributed by atoms with Crippen LogP contribution in [0, 0.1) is 5.41 Å². The Bertz CT molecular complexity index is 562. The summed E-state index contributed by atoms with van der Waals surface area (Å²) >= 11 is 1.56. The Kier molecular flexibility index (Phi) is 2.68. The van der Waals surface area contributed by atoms with Crippen molar-refractivity contribution in [3.05, 3.63) is 29.0 Å². The second kappa shape index (κ2) is 4.10. The average Bonchev–Trinajstić information content (AvgIpc) is 2.79. The number of aromatic nitrogens is 3. The molecule has 2 aromatic heterocycles. The first-order chi connectivity index (χ1) is 8.55. The first kappa shape index (κ1) is 11.7. The van der Waals surface area contributed by atoms with E-state index in [0.29, 0.717) is 5.82 Å². The van der Waals surface area contributed by atoms with Gasteiger partial charge in [-0.05, 0) is 18.3 Å². The summed E-state index contributed by atoms with van der Waals surface area (Å²) in [6.45, 7) is 4.47. The van der Waals surface area contributed by atoms with E-state index >= 15 is 0 Å². The molecule has 0 saturated heterocycles. The number of nitrogens with zero attached hydrogens (tertiary/aromatic N) is 3. The normalized spacial score (nSPS) is 21.6. The van der Waals surface area contributed by atoms with Crippen molar-refractivity contribution in [1.29, 1.82) is 0 Å². The number of nitrogens with two attached hydrogens (primary N) is 1. The van der Waals surface area contributed by atoms with E-state index in [0.717, 1.165) is 29.1 Å². The van der Waals surface area contributed by atoms with Gasteiger partial charge in [-0.3, -0.25) is 0 Å². The highest BCUT2D eigenvalue weighted by Gasteiger charge is 2.31. The number of rotatable bonds is 1. The van der Waals surface area contributed by atoms with E-state index in [-0.39, 0.29) is 11.5 Å². The second-order valence-electron chi connectivity index (χ2n) is 5.58. The Morgan fingerprint density at radius 2 is 2.22 bits per heavy atom. The first-order valence-electron chi connectivity index (χ1n) is 6.06. The predicted octanol–water partition coefficient (Wildman–Crippen LogP) is 2.57. The molecule has 1 aliphatic carbocycles. The summed E-state index contributed by atoms with van der Waals surface area (Å²) in [6, 6.07) is 0.0501. The molecule has 1 aliphatic rings. The van der Waals surface area contributed by atoms with Crippen LogP contribution in [0.1, 0.15) is 37.6 Å². The molecule has 1 atom stereocenters. The third kappa shape index (κ3) is 2.04. The van der Waals surface area contributed by atoms with Gasteiger partial charge in [0.15, 0.2) is 10.8 Å². The third-order valence-corrected chi connectivity index (χ3v) is 4.11. The molecule has 0 aliphatic heterocycles. The van der Waals surface area contributed by atoms with Crippen LogP contribution in [0.5, 0.6) is 0 Å². The van der Waals surface area contributed by atoms with E-state index in [1.807, 2.05) is 11.6 Å². The van der Waals surface area contributed by atoms with Gasteiger partial charge in [-0.1, -0.05) is 13.8 Å². The minimum atomic E-state index is 0.0501. The van der Waals surface area contributed by atoms with E-state index in [1.165, 1.54) is 0 Å². The molecule has 18 heavy (non-hydrogen) atoms. The Morgan fingerprint density at radius 1 is 1.39 bits per heavy atom. The lowest BCUT2D eigenvalue weighted by Gasteiger charge is -2.34. The van der Waals surface area contributed by atoms with Crippen molar-refractivity contribution in [2.24, 2.45) is 11.1 Å². The second-order valence-corrected chi connectivity index (χ2v) is 6.48. The van der Waals surface area contributed by atoms with Gasteiger partial charge in [-0.2, -0.15) is 0 Å². The smallest absolute Gasteiger partial charge is 0.188 e. The standard InChI is InChI=1S/C13H16N4S/c1-13(2)5-9(14)8-7-16-11(17-10(8)6-13)12-15-3-4-18-12/h3-4,7,9H,5-6,14H2,1-2H3. The molecule has 2 N–H and O–H groups in total. The van der Waals surface area contributed by atoms with Crippen molar-refractivity contribution in [3.63, 3.8) is 0 Å². The lowest BCUT2D eigenvalue weighted by atomic mass is 9.74. The predicted molar refractivity (Wildman–Crippen MR) is 72.2 cm³/mol. The molecule has 0 aromatic carbocycles. The zero-order valence-electron chi connectivity index (χ0n) is 10.6. The molecule has 2 aromatic rings. The highest BCUT2D eigenvalue weighted by molar-refractivity contribution is 7.12. The van der Waals surface area contributed by atoms with Crippen molar-refractivity contribution in [2.45, 2.75) is 32.7 Å². The van der Waals surface area contributed by atoms with Gasteiger partial charge < -0.3 is 5.73 Å². The SMILES string of the molecule is CC1(C)Cc2nc(-c3nccs3)ncc2C(N)C1. The summed E-state index contributed by atoms with van der Waals surface area (Å²) in [5, 5.41) is 2.81. The van der Waals surface area contributed by atoms with Gasteiger partial charge >= 0.3 is 0 Å². The number of thiazole rings is 1. The molecule has 94 valence electrons.